The molecule has 0 radical (unpaired) electrons. The summed E-state index contributed by atoms with van der Waals surface area (Å²) in [6.07, 6.45) is 0. The first-order valence-electron chi connectivity index (χ1n) is 50.0. The maximum atomic E-state index is 6.81. The highest BCUT2D eigenvalue weighted by atomic mass is 32.1. The van der Waals surface area contributed by atoms with Gasteiger partial charge in [-0.1, -0.05) is 340 Å². The summed E-state index contributed by atoms with van der Waals surface area (Å²) in [5.74, 6) is 2.01. The van der Waals surface area contributed by atoms with Crippen molar-refractivity contribution in [2.45, 2.75) is 0 Å². The third kappa shape index (κ3) is 15.6. The summed E-state index contributed by atoms with van der Waals surface area (Å²) < 4.78 is 22.5. The maximum absolute atomic E-state index is 6.81. The molecule has 0 saturated carbocycles. The third-order valence-electron chi connectivity index (χ3n) is 28.4. The summed E-state index contributed by atoms with van der Waals surface area (Å²) >= 11 is 1.75. The zero-order valence-corrected chi connectivity index (χ0v) is 81.0. The van der Waals surface area contributed by atoms with Gasteiger partial charge in [0.2, 0.25) is 0 Å². The van der Waals surface area contributed by atoms with Crippen molar-refractivity contribution in [1.82, 2.24) is 29.9 Å². The Morgan fingerprint density at radius 2 is 0.470 bits per heavy atom. The summed E-state index contributed by atoms with van der Waals surface area (Å²) in [6.45, 7) is 0. The Morgan fingerprint density at radius 3 is 0.846 bits per heavy atom. The van der Waals surface area contributed by atoms with Crippen LogP contribution >= 0.6 is 11.3 Å². The molecule has 13 heteroatoms. The fraction of sp³-hybridized carbons (Fsp3) is 0. The highest BCUT2D eigenvalue weighted by molar-refractivity contribution is 7.26. The first-order chi connectivity index (χ1) is 73.9. The molecule has 149 heavy (non-hydrogen) atoms. The van der Waals surface area contributed by atoms with Crippen molar-refractivity contribution in [1.29, 1.82) is 0 Å². The lowest BCUT2D eigenvalue weighted by atomic mass is 9.98. The molecule has 30 aromatic rings. The second-order valence-corrected chi connectivity index (χ2v) is 38.5. The lowest BCUT2D eigenvalue weighted by molar-refractivity contribution is 0.672. The van der Waals surface area contributed by atoms with Gasteiger partial charge in [0.1, 0.15) is 33.5 Å². The van der Waals surface area contributed by atoms with Crippen molar-refractivity contribution in [3.05, 3.63) is 516 Å². The number of furan rings is 3. The van der Waals surface area contributed by atoms with Crippen LogP contribution in [0.1, 0.15) is 0 Å². The number of hydrogen-bond acceptors (Lipinski definition) is 13. The molecule has 0 aliphatic carbocycles. The minimum atomic E-state index is 0.665. The molecule has 0 saturated heterocycles. The number of rotatable bonds is 15. The molecule has 30 rings (SSSR count). The van der Waals surface area contributed by atoms with Crippen LogP contribution in [0, 0.1) is 0 Å². The van der Waals surface area contributed by atoms with E-state index in [1.54, 1.807) is 11.3 Å². The Labute approximate surface area is 859 Å². The van der Waals surface area contributed by atoms with E-state index in [0.717, 1.165) is 237 Å². The van der Waals surface area contributed by atoms with Gasteiger partial charge in [-0.3, -0.25) is 0 Å². The lowest BCUT2D eigenvalue weighted by Gasteiger charge is -2.25. The van der Waals surface area contributed by atoms with E-state index in [1.807, 2.05) is 48.5 Å². The van der Waals surface area contributed by atoms with E-state index < -0.39 is 0 Å². The normalized spacial score (nSPS) is 11.6. The Hall–Kier alpha value is -19.9. The van der Waals surface area contributed by atoms with Crippen LogP contribution in [0.3, 0.4) is 0 Å². The number of hydrogen-bond donors (Lipinski definition) is 0. The highest BCUT2D eigenvalue weighted by Gasteiger charge is 2.29. The molecule has 7 aromatic heterocycles. The predicted octanol–water partition coefficient (Wildman–Crippen LogP) is 38.0. The van der Waals surface area contributed by atoms with E-state index >= 15 is 0 Å². The number of para-hydroxylation sites is 8. The average Bonchev–Trinajstić information content (AvgIpc) is 1.58. The molecule has 0 N–H and O–H groups in total. The van der Waals surface area contributed by atoms with Crippen molar-refractivity contribution < 1.29 is 13.3 Å². The molecule has 0 bridgehead atoms. The molecule has 0 aliphatic heterocycles. The fourth-order valence-electron chi connectivity index (χ4n) is 21.6. The molecule has 0 unspecified atom stereocenters. The summed E-state index contributed by atoms with van der Waals surface area (Å²) in [5.41, 5.74) is 26.1. The number of thiophene rings is 1. The Balaban J connectivity index is 0.000000108. The maximum Gasteiger partial charge on any atom is 0.161 e. The standard InChI is InChI=1S/C48H29N3OS.C46H29N3O.C42H27N3O/c1-3-16-34(17-4-1)51(35-18-5-2-6-19-35)36-25-26-41-39(29-36)43-40(28-32-15-9-10-20-37(32)46(43)52-41)48-49-44(33-24-23-30-13-7-8-14-31(30)27-33)47-45(50-48)38-21-11-12-22-42(38)53-47;1-3-16-34(17-4-1)49(35-18-5-2-6-19-35)36-25-26-42-39(29-36)43-40(28-32-15-9-10-20-37(32)45(43)50-42)46-47-41-22-12-11-21-38(41)44(48-46)33-24-23-30-13-7-8-14-31(30)27-33;1-4-14-28(15-5-1)40-34-22-12-13-23-37(34)43-42(44-40)36-26-29-16-10-11-21-33(29)41-39(36)35-27-32(24-25-38(35)46-41)45(30-17-6-2-7-18-30)31-19-8-3-9-20-31/h1-29H;1-29H;1-27H. The van der Waals surface area contributed by atoms with Crippen LogP contribution in [-0.2, 0) is 0 Å². The molecule has 0 spiro atoms. The van der Waals surface area contributed by atoms with Crippen molar-refractivity contribution in [3.63, 3.8) is 0 Å². The summed E-state index contributed by atoms with van der Waals surface area (Å²) in [7, 11) is 0. The van der Waals surface area contributed by atoms with Gasteiger partial charge in [0, 0.05) is 154 Å². The van der Waals surface area contributed by atoms with Gasteiger partial charge in [0.15, 0.2) is 17.5 Å². The van der Waals surface area contributed by atoms with Crippen molar-refractivity contribution in [2.75, 3.05) is 14.7 Å². The highest BCUT2D eigenvalue weighted by Crippen LogP contribution is 2.52. The Morgan fingerprint density at radius 1 is 0.181 bits per heavy atom. The number of anilines is 9. The first kappa shape index (κ1) is 87.0. The smallest absolute Gasteiger partial charge is 0.161 e. The molecule has 23 aromatic carbocycles. The summed E-state index contributed by atoms with van der Waals surface area (Å²) in [4.78, 5) is 38.8. The van der Waals surface area contributed by atoms with Crippen LogP contribution in [0.5, 0.6) is 0 Å². The van der Waals surface area contributed by atoms with Crippen molar-refractivity contribution in [2.24, 2.45) is 0 Å². The number of aromatic nitrogens is 6. The molecular formula is C136H85N9O3S. The van der Waals surface area contributed by atoms with E-state index in [4.69, 9.17) is 43.2 Å². The Kier molecular flexibility index (Phi) is 21.5. The van der Waals surface area contributed by atoms with Crippen LogP contribution in [0.15, 0.2) is 529 Å². The van der Waals surface area contributed by atoms with Gasteiger partial charge < -0.3 is 28.0 Å². The number of fused-ring (bicyclic) bond motifs is 22. The lowest BCUT2D eigenvalue weighted by Crippen LogP contribution is -2.09. The SMILES string of the molecule is c1ccc(-c2nc(-c3cc4ccccc4c4oc5ccc(N(c6ccccc6)c6ccccc6)cc5c34)nc3ccccc23)cc1.c1ccc(N(c2ccccc2)c2ccc3oc4c5ccccc5cc(-c5nc(-c6ccc7ccccc7c6)c6ccccc6n5)c4c3c2)cc1.c1ccc(N(c2ccccc2)c2ccc3oc4c5ccccc5cc(-c5nc(-c6ccc7ccccc7c6)c6sc7ccccc7c6n5)c4c3c2)cc1. The van der Waals surface area contributed by atoms with E-state index in [1.165, 1.54) is 26.2 Å². The monoisotopic (exact) mass is 1920 g/mol. The van der Waals surface area contributed by atoms with Crippen LogP contribution in [-0.4, -0.2) is 29.9 Å². The Bertz CT molecular complexity index is 10400. The molecule has 0 atom stereocenters. The third-order valence-corrected chi connectivity index (χ3v) is 29.6. The van der Waals surface area contributed by atoms with E-state index in [-0.39, 0.29) is 0 Å². The second kappa shape index (κ2) is 36.8. The van der Waals surface area contributed by atoms with E-state index in [0.29, 0.717) is 17.5 Å². The molecule has 12 nitrogen and oxygen atoms in total. The van der Waals surface area contributed by atoms with Crippen LogP contribution in [0.4, 0.5) is 51.2 Å². The van der Waals surface area contributed by atoms with E-state index in [2.05, 4.69) is 482 Å². The minimum absolute atomic E-state index is 0.665. The topological polar surface area (TPSA) is 126 Å². The molecule has 0 amide bonds. The van der Waals surface area contributed by atoms with Gasteiger partial charge in [-0.15, -0.1) is 11.3 Å². The van der Waals surface area contributed by atoms with Gasteiger partial charge in [0.25, 0.3) is 0 Å². The zero-order valence-electron chi connectivity index (χ0n) is 80.2. The molecule has 0 aliphatic rings. The predicted molar refractivity (Wildman–Crippen MR) is 620 cm³/mol. The van der Waals surface area contributed by atoms with Gasteiger partial charge in [-0.05, 0) is 214 Å². The number of nitrogens with zero attached hydrogens (tertiary/aromatic N) is 9. The van der Waals surface area contributed by atoms with Gasteiger partial charge in [-0.25, -0.2) is 29.9 Å². The zero-order chi connectivity index (χ0) is 98.4. The van der Waals surface area contributed by atoms with Crippen LogP contribution in [0.25, 0.3) is 230 Å². The first-order valence-corrected chi connectivity index (χ1v) is 50.8. The quantitative estimate of drug-likeness (QED) is 0.0970. The summed E-state index contributed by atoms with van der Waals surface area (Å²) in [6, 6.07) is 180. The van der Waals surface area contributed by atoms with Crippen LogP contribution in [0.2, 0.25) is 0 Å². The van der Waals surface area contributed by atoms with Gasteiger partial charge in [0.05, 0.1) is 38.3 Å². The molecule has 698 valence electrons. The van der Waals surface area contributed by atoms with Crippen molar-refractivity contribution in [3.8, 4) is 67.9 Å². The number of benzene rings is 23. The molecular weight excluding hydrogens is 1840 g/mol. The molecule has 0 fully saturated rings. The van der Waals surface area contributed by atoms with Gasteiger partial charge >= 0.3 is 0 Å². The largest absolute Gasteiger partial charge is 0.455 e. The van der Waals surface area contributed by atoms with E-state index in [9.17, 15) is 0 Å². The second-order valence-electron chi connectivity index (χ2n) is 37.4. The summed E-state index contributed by atoms with van der Waals surface area (Å²) in [5, 5.41) is 20.4. The van der Waals surface area contributed by atoms with Crippen LogP contribution < -0.4 is 14.7 Å². The average molecular weight is 1930 g/mol. The minimum Gasteiger partial charge on any atom is -0.455 e. The van der Waals surface area contributed by atoms with Crippen molar-refractivity contribution >= 4 is 224 Å². The fourth-order valence-corrected chi connectivity index (χ4v) is 22.7. The molecule has 7 heterocycles. The van der Waals surface area contributed by atoms with Gasteiger partial charge in [-0.2, -0.15) is 0 Å².